The van der Waals surface area contributed by atoms with E-state index in [1.54, 1.807) is 7.11 Å². The normalized spacial score (nSPS) is 16.5. The summed E-state index contributed by atoms with van der Waals surface area (Å²) in [6.45, 7) is 2.56. The van der Waals surface area contributed by atoms with Gasteiger partial charge >= 0.3 is 0 Å². The standard InChI is InChI=1S/C24H26BrN3O3/c1-30-22-8-4-19(5-9-22)15-28-12-13-31-23(24(28)29)14-21-16-27(17-26-21)11-10-18-2-6-20(25)7-3-18/h2-9,16-17,23H,10-15H2,1H3. The van der Waals surface area contributed by atoms with Gasteiger partial charge in [-0.3, -0.25) is 4.79 Å². The third-order valence-electron chi connectivity index (χ3n) is 5.45. The summed E-state index contributed by atoms with van der Waals surface area (Å²) in [6, 6.07) is 16.2. The molecule has 1 atom stereocenters. The van der Waals surface area contributed by atoms with Crippen LogP contribution in [-0.2, 0) is 35.5 Å². The number of carbonyl (C=O) groups is 1. The molecule has 0 N–H and O–H groups in total. The van der Waals surface area contributed by atoms with E-state index in [4.69, 9.17) is 9.47 Å². The summed E-state index contributed by atoms with van der Waals surface area (Å²) in [4.78, 5) is 19.3. The molecule has 6 nitrogen and oxygen atoms in total. The molecule has 1 aliphatic rings. The van der Waals surface area contributed by atoms with Gasteiger partial charge < -0.3 is 18.9 Å². The van der Waals surface area contributed by atoms with Crippen LogP contribution in [0.5, 0.6) is 5.75 Å². The number of rotatable bonds is 8. The zero-order valence-corrected chi connectivity index (χ0v) is 19.1. The van der Waals surface area contributed by atoms with Crippen molar-refractivity contribution in [3.05, 3.63) is 82.3 Å². The lowest BCUT2D eigenvalue weighted by Crippen LogP contribution is -2.48. The minimum Gasteiger partial charge on any atom is -0.497 e. The van der Waals surface area contributed by atoms with Crippen molar-refractivity contribution in [2.75, 3.05) is 20.3 Å². The van der Waals surface area contributed by atoms with Crippen LogP contribution in [0.4, 0.5) is 0 Å². The molecular formula is C24H26BrN3O3. The summed E-state index contributed by atoms with van der Waals surface area (Å²) in [7, 11) is 1.65. The zero-order chi connectivity index (χ0) is 21.6. The molecule has 0 aliphatic carbocycles. The summed E-state index contributed by atoms with van der Waals surface area (Å²) in [6.07, 6.45) is 4.77. The van der Waals surface area contributed by atoms with E-state index >= 15 is 0 Å². The van der Waals surface area contributed by atoms with E-state index in [9.17, 15) is 4.79 Å². The van der Waals surface area contributed by atoms with Gasteiger partial charge in [0, 0.05) is 36.7 Å². The Morgan fingerprint density at radius 2 is 1.87 bits per heavy atom. The molecule has 31 heavy (non-hydrogen) atoms. The summed E-state index contributed by atoms with van der Waals surface area (Å²) >= 11 is 3.46. The predicted octanol–water partition coefficient (Wildman–Crippen LogP) is 3.87. The maximum absolute atomic E-state index is 12.9. The highest BCUT2D eigenvalue weighted by Crippen LogP contribution is 2.18. The summed E-state index contributed by atoms with van der Waals surface area (Å²) in [5.74, 6) is 0.831. The lowest BCUT2D eigenvalue weighted by molar-refractivity contribution is -0.153. The first-order chi connectivity index (χ1) is 15.1. The van der Waals surface area contributed by atoms with Crippen molar-refractivity contribution in [1.29, 1.82) is 0 Å². The molecule has 162 valence electrons. The summed E-state index contributed by atoms with van der Waals surface area (Å²) in [5, 5.41) is 0. The van der Waals surface area contributed by atoms with Crippen LogP contribution < -0.4 is 4.74 Å². The number of nitrogens with zero attached hydrogens (tertiary/aromatic N) is 3. The number of aryl methyl sites for hydroxylation is 2. The molecule has 7 heteroatoms. The van der Waals surface area contributed by atoms with Crippen molar-refractivity contribution in [1.82, 2.24) is 14.5 Å². The van der Waals surface area contributed by atoms with Crippen molar-refractivity contribution in [2.45, 2.75) is 32.0 Å². The molecule has 1 unspecified atom stereocenters. The lowest BCUT2D eigenvalue weighted by atomic mass is 10.1. The van der Waals surface area contributed by atoms with Crippen molar-refractivity contribution in [3.8, 4) is 5.75 Å². The van der Waals surface area contributed by atoms with Crippen molar-refractivity contribution >= 4 is 21.8 Å². The number of amides is 1. The highest BCUT2D eigenvalue weighted by atomic mass is 79.9. The topological polar surface area (TPSA) is 56.6 Å². The zero-order valence-electron chi connectivity index (χ0n) is 17.5. The number of hydrogen-bond donors (Lipinski definition) is 0. The minimum absolute atomic E-state index is 0.0199. The maximum Gasteiger partial charge on any atom is 0.252 e. The van der Waals surface area contributed by atoms with Gasteiger partial charge in [-0.1, -0.05) is 40.2 Å². The second-order valence-corrected chi connectivity index (χ2v) is 8.57. The van der Waals surface area contributed by atoms with Gasteiger partial charge in [0.2, 0.25) is 0 Å². The summed E-state index contributed by atoms with van der Waals surface area (Å²) in [5.41, 5.74) is 3.23. The molecule has 2 heterocycles. The van der Waals surface area contributed by atoms with E-state index in [2.05, 4.69) is 49.7 Å². The Morgan fingerprint density at radius 1 is 1.13 bits per heavy atom. The van der Waals surface area contributed by atoms with Crippen LogP contribution in [0.25, 0.3) is 0 Å². The van der Waals surface area contributed by atoms with Crippen LogP contribution in [0.2, 0.25) is 0 Å². The Hall–Kier alpha value is -2.64. The van der Waals surface area contributed by atoms with Gasteiger partial charge in [0.25, 0.3) is 5.91 Å². The van der Waals surface area contributed by atoms with Gasteiger partial charge in [0.1, 0.15) is 11.9 Å². The molecule has 2 aromatic carbocycles. The van der Waals surface area contributed by atoms with E-state index in [1.807, 2.05) is 41.7 Å². The molecular weight excluding hydrogens is 458 g/mol. The van der Waals surface area contributed by atoms with Crippen LogP contribution in [0.3, 0.4) is 0 Å². The number of halogens is 1. The number of benzene rings is 2. The fourth-order valence-electron chi connectivity index (χ4n) is 3.68. The third kappa shape index (κ3) is 5.74. The average Bonchev–Trinajstić information content (AvgIpc) is 3.24. The highest BCUT2D eigenvalue weighted by molar-refractivity contribution is 9.10. The van der Waals surface area contributed by atoms with Gasteiger partial charge in [0.05, 0.1) is 25.7 Å². The third-order valence-corrected chi connectivity index (χ3v) is 5.98. The Labute approximate surface area is 190 Å². The van der Waals surface area contributed by atoms with Crippen LogP contribution in [0, 0.1) is 0 Å². The van der Waals surface area contributed by atoms with Crippen LogP contribution >= 0.6 is 15.9 Å². The first-order valence-corrected chi connectivity index (χ1v) is 11.2. The van der Waals surface area contributed by atoms with Crippen molar-refractivity contribution < 1.29 is 14.3 Å². The van der Waals surface area contributed by atoms with Crippen LogP contribution in [0.1, 0.15) is 16.8 Å². The highest BCUT2D eigenvalue weighted by Gasteiger charge is 2.30. The number of methoxy groups -OCH3 is 1. The molecule has 4 rings (SSSR count). The number of aromatic nitrogens is 2. The van der Waals surface area contributed by atoms with Crippen molar-refractivity contribution in [3.63, 3.8) is 0 Å². The Morgan fingerprint density at radius 3 is 2.61 bits per heavy atom. The molecule has 1 fully saturated rings. The first kappa shape index (κ1) is 21.6. The SMILES string of the molecule is COc1ccc(CN2CCOC(Cc3cn(CCc4ccc(Br)cc4)cn3)C2=O)cc1. The van der Waals surface area contributed by atoms with Crippen LogP contribution in [-0.4, -0.2) is 46.7 Å². The Kier molecular flexibility index (Phi) is 7.04. The monoisotopic (exact) mass is 483 g/mol. The Bertz CT molecular complexity index is 1000. The fraction of sp³-hybridized carbons (Fsp3) is 0.333. The molecule has 3 aromatic rings. The second kappa shape index (κ2) is 10.1. The van der Waals surface area contributed by atoms with E-state index < -0.39 is 6.10 Å². The lowest BCUT2D eigenvalue weighted by Gasteiger charge is -2.32. The van der Waals surface area contributed by atoms with E-state index in [1.165, 1.54) is 5.56 Å². The number of hydrogen-bond acceptors (Lipinski definition) is 4. The molecule has 1 amide bonds. The predicted molar refractivity (Wildman–Crippen MR) is 122 cm³/mol. The average molecular weight is 484 g/mol. The van der Waals surface area contributed by atoms with E-state index in [-0.39, 0.29) is 5.91 Å². The molecule has 1 aliphatic heterocycles. The minimum atomic E-state index is -0.484. The Balaban J connectivity index is 1.32. The first-order valence-electron chi connectivity index (χ1n) is 10.4. The van der Waals surface area contributed by atoms with E-state index in [0.29, 0.717) is 26.1 Å². The van der Waals surface area contributed by atoms with E-state index in [0.717, 1.165) is 34.4 Å². The number of ether oxygens (including phenoxy) is 2. The molecule has 0 radical (unpaired) electrons. The largest absolute Gasteiger partial charge is 0.497 e. The molecule has 0 spiro atoms. The quantitative estimate of drug-likeness (QED) is 0.487. The van der Waals surface area contributed by atoms with Gasteiger partial charge in [0.15, 0.2) is 0 Å². The van der Waals surface area contributed by atoms with Crippen molar-refractivity contribution in [2.24, 2.45) is 0 Å². The number of morpholine rings is 1. The smallest absolute Gasteiger partial charge is 0.252 e. The maximum atomic E-state index is 12.9. The van der Waals surface area contributed by atoms with Gasteiger partial charge in [-0.15, -0.1) is 0 Å². The fourth-order valence-corrected chi connectivity index (χ4v) is 3.94. The summed E-state index contributed by atoms with van der Waals surface area (Å²) < 4.78 is 14.1. The van der Waals surface area contributed by atoms with Crippen LogP contribution in [0.15, 0.2) is 65.5 Å². The molecule has 1 aromatic heterocycles. The van der Waals surface area contributed by atoms with Gasteiger partial charge in [-0.05, 0) is 41.8 Å². The number of imidazole rings is 1. The molecule has 0 saturated carbocycles. The molecule has 1 saturated heterocycles. The van der Waals surface area contributed by atoms with Gasteiger partial charge in [-0.2, -0.15) is 0 Å². The molecule has 0 bridgehead atoms. The number of carbonyl (C=O) groups excluding carboxylic acids is 1. The second-order valence-electron chi connectivity index (χ2n) is 7.65. The van der Waals surface area contributed by atoms with Gasteiger partial charge in [-0.25, -0.2) is 4.98 Å².